The number of carboxylic acids is 5. The van der Waals surface area contributed by atoms with Gasteiger partial charge >= 0.3 is 29.8 Å². The molecule has 2 unspecified atom stereocenters. The maximum Gasteiger partial charge on any atom is 0.317 e. The number of aliphatic carboxylic acids is 5. The first-order valence-corrected chi connectivity index (χ1v) is 30.4. The molecule has 6 heterocycles. The summed E-state index contributed by atoms with van der Waals surface area (Å²) >= 11 is 0. The van der Waals surface area contributed by atoms with Crippen LogP contribution in [0.3, 0.4) is 0 Å². The van der Waals surface area contributed by atoms with Gasteiger partial charge in [0.25, 0.3) is 0 Å². The minimum absolute atomic E-state index is 0.0483. The lowest BCUT2D eigenvalue weighted by molar-refractivity contribution is -0.144. The number of fused-ring (bicyclic) bond motifs is 8. The summed E-state index contributed by atoms with van der Waals surface area (Å²) < 4.78 is 8.96. The summed E-state index contributed by atoms with van der Waals surface area (Å²) in [6.07, 6.45) is 5.09. The lowest BCUT2D eigenvalue weighted by atomic mass is 9.62. The molecule has 3 atom stereocenters. The van der Waals surface area contributed by atoms with Crippen molar-refractivity contribution in [2.45, 2.75) is 164 Å². The van der Waals surface area contributed by atoms with Crippen LogP contribution >= 0.6 is 0 Å². The molecule has 3 aliphatic heterocycles. The van der Waals surface area contributed by atoms with Gasteiger partial charge in [0, 0.05) is 117 Å². The van der Waals surface area contributed by atoms with Crippen LogP contribution in [0.4, 0.5) is 5.69 Å². The summed E-state index contributed by atoms with van der Waals surface area (Å²) in [5.74, 6) is -6.71. The number of hydrogen-bond donors (Lipinski definition) is 8. The van der Waals surface area contributed by atoms with E-state index >= 15 is 0 Å². The van der Waals surface area contributed by atoms with Gasteiger partial charge in [0.15, 0.2) is 0 Å². The Hall–Kier alpha value is -7.72. The van der Waals surface area contributed by atoms with E-state index in [-0.39, 0.29) is 44.5 Å². The van der Waals surface area contributed by atoms with Crippen molar-refractivity contribution >= 4 is 74.4 Å². The number of aryl methyl sites for hydroxylation is 5. The standard InChI is InChI=1S/C66H89N9O12/c1-13-16-24-75-41(7)60-39(5)49-29-51-47(15-3)38(4)48(68-51)30-52-61(43(9)87-27-17-14-2)40(6)50(69-52)31-53-65(10,11)66(12,64(71-53)62(42(75)8)63(60)70-49)23-22-54(76)67-45-20-18-44(19-21-45)28-46(74(36-58(83)84)37-59(85)86)32-72(33-55(77)78)25-26-73(34-56(79)80)35-57(81)82/h18-21,29-31,43,46,68-69H,13-17,22-28,32-37H2,1-12H3,(H,67,76)(H,77,78)(H,79,80)(H,81,82)(H,83,84)(H,85,86)/t43?,46?,66-/m1/s1. The topological polar surface area (TPSA) is 297 Å². The Balaban J connectivity index is 1.30. The Morgan fingerprint density at radius 3 is 1.87 bits per heavy atom. The van der Waals surface area contributed by atoms with Crippen LogP contribution in [0.15, 0.2) is 42.5 Å². The molecule has 0 aliphatic carbocycles. The highest BCUT2D eigenvalue weighted by molar-refractivity contribution is 5.95. The van der Waals surface area contributed by atoms with Gasteiger partial charge < -0.3 is 50.1 Å². The van der Waals surface area contributed by atoms with Gasteiger partial charge in [-0.25, -0.2) is 4.98 Å². The van der Waals surface area contributed by atoms with Crippen LogP contribution in [0.2, 0.25) is 0 Å². The summed E-state index contributed by atoms with van der Waals surface area (Å²) in [5.41, 5.74) is 15.9. The van der Waals surface area contributed by atoms with Crippen molar-refractivity contribution in [1.29, 1.82) is 0 Å². The Kier molecular flexibility index (Phi) is 21.8. The largest absolute Gasteiger partial charge is 0.480 e. The third-order valence-electron chi connectivity index (χ3n) is 18.1. The molecule has 1 aromatic carbocycles. The molecule has 7 rings (SSSR count). The van der Waals surface area contributed by atoms with Gasteiger partial charge in [0.05, 0.1) is 55.7 Å². The van der Waals surface area contributed by atoms with Gasteiger partial charge in [0.1, 0.15) is 0 Å². The van der Waals surface area contributed by atoms with Crippen LogP contribution in [0.1, 0.15) is 149 Å². The number of carbonyl (C=O) groups excluding carboxylic acids is 1. The predicted molar refractivity (Wildman–Crippen MR) is 336 cm³/mol. The number of aromatic amines is 2. The number of nitrogens with zero attached hydrogens (tertiary/aromatic N) is 6. The maximum absolute atomic E-state index is 14.5. The Labute approximate surface area is 508 Å². The van der Waals surface area contributed by atoms with E-state index in [2.05, 4.69) is 121 Å². The highest BCUT2D eigenvalue weighted by Gasteiger charge is 2.51. The monoisotopic (exact) mass is 1200 g/mol. The number of nitrogens with one attached hydrogen (secondary N) is 3. The average molecular weight is 1200 g/mol. The molecule has 0 radical (unpaired) electrons. The first-order chi connectivity index (χ1) is 41.1. The van der Waals surface area contributed by atoms with E-state index in [0.29, 0.717) is 24.3 Å². The van der Waals surface area contributed by atoms with Gasteiger partial charge in [-0.2, -0.15) is 0 Å². The molecule has 3 aromatic heterocycles. The molecule has 0 saturated heterocycles. The first kappa shape index (κ1) is 66.8. The Morgan fingerprint density at radius 2 is 1.28 bits per heavy atom. The van der Waals surface area contributed by atoms with Crippen LogP contribution in [-0.4, -0.2) is 165 Å². The third-order valence-corrected chi connectivity index (χ3v) is 18.1. The summed E-state index contributed by atoms with van der Waals surface area (Å²) in [6.45, 7) is 23.9. The van der Waals surface area contributed by atoms with E-state index in [0.717, 1.165) is 127 Å². The molecule has 8 N–H and O–H groups in total. The number of carboxylic acid groups (broad SMARTS) is 5. The van der Waals surface area contributed by atoms with Gasteiger partial charge in [-0.05, 0) is 132 Å². The number of anilines is 1. The number of carbonyl (C=O) groups is 6. The van der Waals surface area contributed by atoms with Crippen molar-refractivity contribution < 1.29 is 59.0 Å². The molecular weight excluding hydrogens is 1110 g/mol. The zero-order valence-electron chi connectivity index (χ0n) is 52.7. The fourth-order valence-corrected chi connectivity index (χ4v) is 12.8. The van der Waals surface area contributed by atoms with E-state index in [1.807, 2.05) is 0 Å². The van der Waals surface area contributed by atoms with Crippen molar-refractivity contribution in [3.8, 4) is 11.3 Å². The number of aromatic nitrogens is 5. The third kappa shape index (κ3) is 15.2. The highest BCUT2D eigenvalue weighted by atomic mass is 16.5. The highest BCUT2D eigenvalue weighted by Crippen LogP contribution is 2.53. The summed E-state index contributed by atoms with van der Waals surface area (Å²) in [6, 6.07) is 12.5. The van der Waals surface area contributed by atoms with Crippen molar-refractivity contribution in [3.63, 3.8) is 0 Å². The number of benzene rings is 1. The number of amides is 1. The summed E-state index contributed by atoms with van der Waals surface area (Å²) in [4.78, 5) is 96.7. The van der Waals surface area contributed by atoms with E-state index in [1.54, 1.807) is 24.3 Å². The van der Waals surface area contributed by atoms with Crippen LogP contribution in [0.25, 0.3) is 44.2 Å². The molecule has 4 aromatic rings. The summed E-state index contributed by atoms with van der Waals surface area (Å²) in [5, 5.41) is 52.5. The van der Waals surface area contributed by atoms with E-state index in [4.69, 9.17) is 14.7 Å². The predicted octanol–water partition coefficient (Wildman–Crippen LogP) is 10.2. The van der Waals surface area contributed by atoms with Gasteiger partial charge in [0.2, 0.25) is 5.91 Å². The number of rotatable bonds is 31. The second-order valence-corrected chi connectivity index (χ2v) is 24.3. The Bertz CT molecular complexity index is 3590. The maximum atomic E-state index is 14.5. The number of hydrogen-bond acceptors (Lipinski definition) is 12. The van der Waals surface area contributed by atoms with Gasteiger partial charge in [-0.3, -0.25) is 48.5 Å². The van der Waals surface area contributed by atoms with Crippen molar-refractivity contribution in [2.75, 3.05) is 64.3 Å². The van der Waals surface area contributed by atoms with Gasteiger partial charge in [-0.1, -0.05) is 66.5 Å². The molecule has 21 heteroatoms. The number of H-pyrrole nitrogens is 2. The molecule has 0 spiro atoms. The number of unbranched alkanes of at least 4 members (excludes halogenated alkanes) is 2. The van der Waals surface area contributed by atoms with Crippen molar-refractivity contribution in [3.05, 3.63) is 98.6 Å². The second-order valence-electron chi connectivity index (χ2n) is 24.3. The molecule has 87 heavy (non-hydrogen) atoms. The second kappa shape index (κ2) is 28.4. The molecule has 0 fully saturated rings. The number of pyridine rings is 1. The fourth-order valence-electron chi connectivity index (χ4n) is 12.8. The Morgan fingerprint density at radius 1 is 0.690 bits per heavy atom. The fraction of sp³-hybridized carbons (Fsp3) is 0.515. The molecule has 0 saturated carbocycles. The molecule has 21 nitrogen and oxygen atoms in total. The molecular formula is C66H89N9O12. The quantitative estimate of drug-likeness (QED) is 0.0188. The average Bonchev–Trinajstić information content (AvgIpc) is 1.58. The summed E-state index contributed by atoms with van der Waals surface area (Å²) in [7, 11) is 0. The lowest BCUT2D eigenvalue weighted by Crippen LogP contribution is -2.51. The normalized spacial score (nSPS) is 15.3. The van der Waals surface area contributed by atoms with Crippen LogP contribution < -0.4 is 5.32 Å². The number of ether oxygens (including phenoxy) is 1. The molecule has 1 amide bonds. The van der Waals surface area contributed by atoms with E-state index in [1.165, 1.54) is 20.9 Å². The van der Waals surface area contributed by atoms with Gasteiger partial charge in [-0.15, -0.1) is 0 Å². The lowest BCUT2D eigenvalue weighted by Gasteiger charge is -2.39. The van der Waals surface area contributed by atoms with E-state index in [9.17, 15) is 54.3 Å². The van der Waals surface area contributed by atoms with Crippen molar-refractivity contribution in [2.24, 2.45) is 0 Å². The minimum Gasteiger partial charge on any atom is -0.480 e. The minimum atomic E-state index is -1.32. The van der Waals surface area contributed by atoms with Crippen LogP contribution in [0, 0.1) is 34.6 Å². The zero-order valence-corrected chi connectivity index (χ0v) is 52.7. The van der Waals surface area contributed by atoms with E-state index < -0.39 is 79.4 Å². The van der Waals surface area contributed by atoms with Crippen LogP contribution in [0.5, 0.6) is 0 Å². The first-order valence-electron chi connectivity index (χ1n) is 30.4. The SMILES string of the molecule is CCCCOC(C)c1c(C)c2cc3nc(c4c5nc(cc6[nH]c(cc1[nH]2)c(C)c6CC)c(C)c-5c(C)n(CCCC)c4C)[C@@](C)(CCC(=O)Nc1ccc(CC(CN(CCN(CC(=O)O)CC(=O)O)CC(=O)O)N(CC(=O)O)CC(=O)O)cc1)C3(C)C. The molecule has 470 valence electrons. The smallest absolute Gasteiger partial charge is 0.317 e. The zero-order chi connectivity index (χ0) is 63.8. The van der Waals surface area contributed by atoms with Crippen molar-refractivity contribution in [1.82, 2.24) is 39.2 Å². The molecule has 8 bridgehead atoms. The molecule has 3 aliphatic rings. The van der Waals surface area contributed by atoms with Crippen LogP contribution in [-0.2, 0) is 63.7 Å².